The molecule has 1 atom stereocenters. The quantitative estimate of drug-likeness (QED) is 0.831. The van der Waals surface area contributed by atoms with Gasteiger partial charge in [-0.3, -0.25) is 4.79 Å². The van der Waals surface area contributed by atoms with Crippen LogP contribution in [0.15, 0.2) is 51.8 Å². The Labute approximate surface area is 131 Å². The molecule has 0 aliphatic carbocycles. The molecule has 4 heteroatoms. The summed E-state index contributed by atoms with van der Waals surface area (Å²) in [5.74, 6) is -0.00493. The average molecular weight is 348 g/mol. The van der Waals surface area contributed by atoms with Crippen LogP contribution in [0.25, 0.3) is 0 Å². The first-order valence-electron chi connectivity index (χ1n) is 6.40. The minimum absolute atomic E-state index is 0.0899. The van der Waals surface area contributed by atoms with Crippen molar-refractivity contribution in [3.63, 3.8) is 0 Å². The van der Waals surface area contributed by atoms with Gasteiger partial charge >= 0.3 is 0 Å². The Bertz CT molecular complexity index is 654. The van der Waals surface area contributed by atoms with Crippen LogP contribution in [0.2, 0.25) is 0 Å². The van der Waals surface area contributed by atoms with E-state index in [9.17, 15) is 4.79 Å². The number of halogens is 1. The predicted octanol–water partition coefficient (Wildman–Crippen LogP) is 4.45. The molecule has 0 fully saturated rings. The van der Waals surface area contributed by atoms with Crippen molar-refractivity contribution < 1.29 is 4.79 Å². The highest BCUT2D eigenvalue weighted by molar-refractivity contribution is 9.10. The molecule has 1 aliphatic heterocycles. The topological polar surface area (TPSA) is 29.1 Å². The van der Waals surface area contributed by atoms with Crippen LogP contribution in [-0.4, -0.2) is 12.2 Å². The molecule has 0 aromatic heterocycles. The summed E-state index contributed by atoms with van der Waals surface area (Å²) < 4.78 is 1.01. The summed E-state index contributed by atoms with van der Waals surface area (Å²) in [6.45, 7) is 0. The number of anilines is 1. The van der Waals surface area contributed by atoms with Gasteiger partial charge in [0, 0.05) is 15.1 Å². The smallest absolute Gasteiger partial charge is 0.232 e. The molecule has 0 bridgehead atoms. The van der Waals surface area contributed by atoms with Gasteiger partial charge in [-0.25, -0.2) is 0 Å². The van der Waals surface area contributed by atoms with Crippen LogP contribution in [0, 0.1) is 0 Å². The van der Waals surface area contributed by atoms with E-state index in [1.165, 1.54) is 10.5 Å². The number of hydrogen-bond acceptors (Lipinski definition) is 2. The molecule has 20 heavy (non-hydrogen) atoms. The van der Waals surface area contributed by atoms with Crippen molar-refractivity contribution in [2.75, 3.05) is 11.6 Å². The van der Waals surface area contributed by atoms with E-state index < -0.39 is 0 Å². The Kier molecular flexibility index (Phi) is 3.85. The lowest BCUT2D eigenvalue weighted by molar-refractivity contribution is -0.117. The molecule has 1 heterocycles. The highest BCUT2D eigenvalue weighted by Gasteiger charge is 2.30. The van der Waals surface area contributed by atoms with E-state index in [1.807, 2.05) is 18.2 Å². The molecule has 2 nitrogen and oxygen atoms in total. The number of thioether (sulfide) groups is 1. The zero-order valence-electron chi connectivity index (χ0n) is 11.0. The lowest BCUT2D eigenvalue weighted by atomic mass is 9.93. The summed E-state index contributed by atoms with van der Waals surface area (Å²) in [5, 5.41) is 2.95. The van der Waals surface area contributed by atoms with Gasteiger partial charge < -0.3 is 5.32 Å². The van der Waals surface area contributed by atoms with Crippen molar-refractivity contribution in [2.45, 2.75) is 17.2 Å². The number of carbonyl (C=O) groups excluding carboxylic acids is 1. The number of nitrogens with one attached hydrogen (secondary N) is 1. The van der Waals surface area contributed by atoms with E-state index in [-0.39, 0.29) is 11.8 Å². The third kappa shape index (κ3) is 2.63. The monoisotopic (exact) mass is 347 g/mol. The Morgan fingerprint density at radius 1 is 1.20 bits per heavy atom. The number of fused-ring (bicyclic) bond motifs is 1. The minimum atomic E-state index is -0.0948. The summed E-state index contributed by atoms with van der Waals surface area (Å²) in [4.78, 5) is 13.4. The fourth-order valence-electron chi connectivity index (χ4n) is 2.50. The van der Waals surface area contributed by atoms with E-state index in [4.69, 9.17) is 0 Å². The van der Waals surface area contributed by atoms with Crippen molar-refractivity contribution >= 4 is 39.3 Å². The molecule has 0 spiro atoms. The van der Waals surface area contributed by atoms with E-state index in [0.717, 1.165) is 22.1 Å². The maximum absolute atomic E-state index is 12.1. The van der Waals surface area contributed by atoms with Crippen LogP contribution >= 0.6 is 27.7 Å². The number of carbonyl (C=O) groups is 1. The van der Waals surface area contributed by atoms with E-state index in [2.05, 4.69) is 51.8 Å². The first kappa shape index (κ1) is 13.7. The average Bonchev–Trinajstić information content (AvgIpc) is 2.76. The molecule has 0 radical (unpaired) electrons. The second-order valence-electron chi connectivity index (χ2n) is 4.83. The lowest BCUT2D eigenvalue weighted by Gasteiger charge is -2.09. The second-order valence-corrected chi connectivity index (χ2v) is 6.62. The molecule has 1 N–H and O–H groups in total. The Morgan fingerprint density at radius 3 is 2.65 bits per heavy atom. The zero-order chi connectivity index (χ0) is 14.1. The Hall–Kier alpha value is -1.26. The zero-order valence-corrected chi connectivity index (χ0v) is 13.4. The maximum atomic E-state index is 12.1. The molecule has 1 aliphatic rings. The van der Waals surface area contributed by atoms with E-state index in [1.54, 1.807) is 11.8 Å². The van der Waals surface area contributed by atoms with Gasteiger partial charge in [0.05, 0.1) is 5.92 Å². The van der Waals surface area contributed by atoms with Gasteiger partial charge in [-0.15, -0.1) is 11.8 Å². The van der Waals surface area contributed by atoms with Gasteiger partial charge in [-0.05, 0) is 54.1 Å². The summed E-state index contributed by atoms with van der Waals surface area (Å²) in [5.41, 5.74) is 3.21. The fourth-order valence-corrected chi connectivity index (χ4v) is 3.28. The molecular weight excluding hydrogens is 334 g/mol. The van der Waals surface area contributed by atoms with Gasteiger partial charge in [-0.1, -0.05) is 28.1 Å². The van der Waals surface area contributed by atoms with Gasteiger partial charge in [-0.2, -0.15) is 0 Å². The van der Waals surface area contributed by atoms with Gasteiger partial charge in [0.2, 0.25) is 5.91 Å². The van der Waals surface area contributed by atoms with Crippen LogP contribution in [-0.2, 0) is 11.2 Å². The van der Waals surface area contributed by atoms with Crippen molar-refractivity contribution in [1.29, 1.82) is 0 Å². The van der Waals surface area contributed by atoms with Crippen molar-refractivity contribution in [3.8, 4) is 0 Å². The fraction of sp³-hybridized carbons (Fsp3) is 0.188. The van der Waals surface area contributed by atoms with Gasteiger partial charge in [0.1, 0.15) is 0 Å². The SMILES string of the molecule is CSc1ccc(C[C@H]2C(=O)Nc3ccc(Br)cc32)cc1. The number of rotatable bonds is 3. The largest absolute Gasteiger partial charge is 0.325 e. The Morgan fingerprint density at radius 2 is 1.95 bits per heavy atom. The molecule has 2 aromatic rings. The molecule has 102 valence electrons. The third-order valence-corrected chi connectivity index (χ3v) is 4.80. The summed E-state index contributed by atoms with van der Waals surface area (Å²) >= 11 is 5.20. The standard InChI is InChI=1S/C16H14BrNOS/c1-20-12-5-2-10(3-6-12)8-14-13-9-11(17)4-7-15(13)18-16(14)19/h2-7,9,14H,8H2,1H3,(H,18,19)/t14-/m1/s1. The van der Waals surface area contributed by atoms with Crippen LogP contribution in [0.3, 0.4) is 0 Å². The van der Waals surface area contributed by atoms with Gasteiger partial charge in [0.15, 0.2) is 0 Å². The third-order valence-electron chi connectivity index (χ3n) is 3.56. The first-order valence-corrected chi connectivity index (χ1v) is 8.42. The highest BCUT2D eigenvalue weighted by Crippen LogP contribution is 2.36. The lowest BCUT2D eigenvalue weighted by Crippen LogP contribution is -2.14. The van der Waals surface area contributed by atoms with Gasteiger partial charge in [0.25, 0.3) is 0 Å². The van der Waals surface area contributed by atoms with Crippen LogP contribution in [0.4, 0.5) is 5.69 Å². The summed E-state index contributed by atoms with van der Waals surface area (Å²) in [7, 11) is 0. The Balaban J connectivity index is 1.87. The minimum Gasteiger partial charge on any atom is -0.325 e. The van der Waals surface area contributed by atoms with Crippen LogP contribution < -0.4 is 5.32 Å². The van der Waals surface area contributed by atoms with Crippen molar-refractivity contribution in [2.24, 2.45) is 0 Å². The van der Waals surface area contributed by atoms with Crippen LogP contribution in [0.1, 0.15) is 17.0 Å². The number of amides is 1. The molecule has 2 aromatic carbocycles. The first-order chi connectivity index (χ1) is 9.67. The number of hydrogen-bond donors (Lipinski definition) is 1. The van der Waals surface area contributed by atoms with E-state index >= 15 is 0 Å². The molecule has 1 amide bonds. The van der Waals surface area contributed by atoms with Crippen molar-refractivity contribution in [1.82, 2.24) is 0 Å². The summed E-state index contributed by atoms with van der Waals surface area (Å²) in [6.07, 6.45) is 2.80. The molecule has 0 saturated carbocycles. The van der Waals surface area contributed by atoms with Crippen LogP contribution in [0.5, 0.6) is 0 Å². The number of benzene rings is 2. The summed E-state index contributed by atoms with van der Waals surface area (Å²) in [6, 6.07) is 14.4. The normalized spacial score (nSPS) is 16.9. The molecular formula is C16H14BrNOS. The molecule has 0 unspecified atom stereocenters. The second kappa shape index (κ2) is 5.62. The molecule has 3 rings (SSSR count). The predicted molar refractivity (Wildman–Crippen MR) is 87.4 cm³/mol. The van der Waals surface area contributed by atoms with E-state index in [0.29, 0.717) is 0 Å². The highest BCUT2D eigenvalue weighted by atomic mass is 79.9. The maximum Gasteiger partial charge on any atom is 0.232 e. The van der Waals surface area contributed by atoms with Crippen molar-refractivity contribution in [3.05, 3.63) is 58.1 Å². The molecule has 0 saturated heterocycles.